The highest BCUT2D eigenvalue weighted by atomic mass is 32.2. The van der Waals surface area contributed by atoms with Crippen LogP contribution in [0.3, 0.4) is 0 Å². The van der Waals surface area contributed by atoms with E-state index in [-0.39, 0.29) is 11.7 Å². The van der Waals surface area contributed by atoms with Crippen molar-refractivity contribution in [1.29, 1.82) is 0 Å². The Morgan fingerprint density at radius 2 is 1.65 bits per heavy atom. The maximum Gasteiger partial charge on any atom is 0.0137 e. The smallest absolute Gasteiger partial charge is 0.0137 e. The third kappa shape index (κ3) is 4.35. The lowest BCUT2D eigenvalue weighted by atomic mass is 10.0. The second-order valence-electron chi connectivity index (χ2n) is 3.90. The Morgan fingerprint density at radius 1 is 1.12 bits per heavy atom. The first-order chi connectivity index (χ1) is 8.24. The molecule has 2 aromatic rings. The lowest BCUT2D eigenvalue weighted by Gasteiger charge is -2.16. The molecule has 2 nitrogen and oxygen atoms in total. The van der Waals surface area contributed by atoms with Crippen LogP contribution in [0.1, 0.15) is 9.75 Å². The van der Waals surface area contributed by atoms with Gasteiger partial charge in [-0.05, 0) is 41.7 Å². The van der Waals surface area contributed by atoms with Crippen molar-refractivity contribution in [3.05, 3.63) is 44.8 Å². The van der Waals surface area contributed by atoms with Crippen molar-refractivity contribution in [3.8, 4) is 0 Å². The Kier molecular flexibility index (Phi) is 4.91. The highest BCUT2D eigenvalue weighted by molar-refractivity contribution is 7.79. The van der Waals surface area contributed by atoms with Crippen LogP contribution in [0, 0.1) is 5.92 Å². The van der Waals surface area contributed by atoms with E-state index in [2.05, 4.69) is 12.1 Å². The quantitative estimate of drug-likeness (QED) is 0.765. The average Bonchev–Trinajstić information content (AvgIpc) is 2.89. The molecule has 0 aromatic carbocycles. The summed E-state index contributed by atoms with van der Waals surface area (Å²) >= 11 is 1.43. The van der Waals surface area contributed by atoms with E-state index in [4.69, 9.17) is 0 Å². The molecule has 2 heterocycles. The minimum atomic E-state index is -1.96. The van der Waals surface area contributed by atoms with E-state index in [1.54, 1.807) is 22.7 Å². The molecule has 0 saturated carbocycles. The van der Waals surface area contributed by atoms with E-state index in [0.717, 1.165) is 12.8 Å². The normalized spacial score (nSPS) is 13.1. The fourth-order valence-electron chi connectivity index (χ4n) is 1.81. The van der Waals surface area contributed by atoms with Gasteiger partial charge in [0.15, 0.2) is 0 Å². The molecule has 0 amide bonds. The monoisotopic (exact) mass is 285 g/mol. The van der Waals surface area contributed by atoms with Gasteiger partial charge in [-0.1, -0.05) is 23.2 Å². The number of hydrogen-bond acceptors (Lipinski definition) is 4. The van der Waals surface area contributed by atoms with Crippen molar-refractivity contribution in [1.82, 2.24) is 0 Å². The lowest BCUT2D eigenvalue weighted by molar-refractivity contribution is 0.509. The second-order valence-corrected chi connectivity index (χ2v) is 6.91. The van der Waals surface area contributed by atoms with Gasteiger partial charge in [-0.3, -0.25) is 4.21 Å². The van der Waals surface area contributed by atoms with Gasteiger partial charge < -0.3 is 4.55 Å². The summed E-state index contributed by atoms with van der Waals surface area (Å²) < 4.78 is 21.7. The standard InChI is InChI=1S/C12H14O2S3/c13-17(14)9-10(7-11-3-1-5-15-11)8-12-4-2-6-16-12/h1-6,10H,7-9H2,(H,13,14)/p-1. The van der Waals surface area contributed by atoms with Gasteiger partial charge in [0, 0.05) is 15.5 Å². The SMILES string of the molecule is O=S([O-])CC(Cc1cccs1)Cc1cccs1. The van der Waals surface area contributed by atoms with E-state index in [0.29, 0.717) is 0 Å². The Labute approximate surface area is 112 Å². The molecule has 1 atom stereocenters. The van der Waals surface area contributed by atoms with Gasteiger partial charge in [-0.25, -0.2) is 0 Å². The summed E-state index contributed by atoms with van der Waals surface area (Å²) in [5, 5.41) is 4.07. The maximum absolute atomic E-state index is 10.9. The van der Waals surface area contributed by atoms with Gasteiger partial charge in [0.2, 0.25) is 0 Å². The lowest BCUT2D eigenvalue weighted by Crippen LogP contribution is -2.15. The fourth-order valence-corrected chi connectivity index (χ4v) is 4.07. The van der Waals surface area contributed by atoms with Crippen molar-refractivity contribution in [2.75, 3.05) is 5.75 Å². The van der Waals surface area contributed by atoms with Crippen LogP contribution in [-0.2, 0) is 23.9 Å². The number of hydrogen-bond donors (Lipinski definition) is 0. The van der Waals surface area contributed by atoms with Crippen molar-refractivity contribution in [3.63, 3.8) is 0 Å². The summed E-state index contributed by atoms with van der Waals surface area (Å²) in [6, 6.07) is 8.16. The second kappa shape index (κ2) is 6.44. The van der Waals surface area contributed by atoms with Gasteiger partial charge in [0.25, 0.3) is 0 Å². The van der Waals surface area contributed by atoms with E-state index >= 15 is 0 Å². The third-order valence-electron chi connectivity index (χ3n) is 2.51. The molecular formula is C12H13O2S3-. The Bertz CT molecular complexity index is 412. The topological polar surface area (TPSA) is 40.1 Å². The van der Waals surface area contributed by atoms with E-state index < -0.39 is 11.1 Å². The van der Waals surface area contributed by atoms with Crippen LogP contribution >= 0.6 is 22.7 Å². The summed E-state index contributed by atoms with van der Waals surface area (Å²) in [6.45, 7) is 0. The zero-order chi connectivity index (χ0) is 12.1. The predicted octanol–water partition coefficient (Wildman–Crippen LogP) is 3.09. The van der Waals surface area contributed by atoms with Gasteiger partial charge in [-0.2, -0.15) is 0 Å². The zero-order valence-corrected chi connectivity index (χ0v) is 11.7. The first-order valence-electron chi connectivity index (χ1n) is 5.34. The fraction of sp³-hybridized carbons (Fsp3) is 0.333. The van der Waals surface area contributed by atoms with Crippen LogP contribution < -0.4 is 0 Å². The molecule has 2 aromatic heterocycles. The largest absolute Gasteiger partial charge is 0.772 e. The minimum absolute atomic E-state index is 0.186. The molecule has 1 unspecified atom stereocenters. The van der Waals surface area contributed by atoms with Crippen LogP contribution in [0.5, 0.6) is 0 Å². The van der Waals surface area contributed by atoms with E-state index in [9.17, 15) is 8.76 Å². The van der Waals surface area contributed by atoms with Crippen molar-refractivity contribution >= 4 is 33.8 Å². The van der Waals surface area contributed by atoms with Crippen LogP contribution in [0.4, 0.5) is 0 Å². The molecule has 2 rings (SSSR count). The minimum Gasteiger partial charge on any atom is -0.772 e. The van der Waals surface area contributed by atoms with Crippen LogP contribution in [0.2, 0.25) is 0 Å². The van der Waals surface area contributed by atoms with Gasteiger partial charge >= 0.3 is 0 Å². The summed E-state index contributed by atoms with van der Waals surface area (Å²) in [6.07, 6.45) is 1.70. The molecule has 0 bridgehead atoms. The maximum atomic E-state index is 10.9. The molecule has 0 aliphatic heterocycles. The average molecular weight is 285 g/mol. The summed E-state index contributed by atoms with van der Waals surface area (Å²) in [7, 11) is 0. The first kappa shape index (κ1) is 13.0. The van der Waals surface area contributed by atoms with Crippen molar-refractivity contribution in [2.24, 2.45) is 5.92 Å². The molecule has 92 valence electrons. The zero-order valence-electron chi connectivity index (χ0n) is 9.20. The summed E-state index contributed by atoms with van der Waals surface area (Å²) in [4.78, 5) is 2.52. The van der Waals surface area contributed by atoms with Crippen LogP contribution in [0.25, 0.3) is 0 Å². The Hall–Kier alpha value is -0.490. The molecule has 0 spiro atoms. The summed E-state index contributed by atoms with van der Waals surface area (Å²) in [5.41, 5.74) is 0. The van der Waals surface area contributed by atoms with Crippen LogP contribution in [-0.4, -0.2) is 14.5 Å². The Balaban J connectivity index is 2.00. The first-order valence-corrected chi connectivity index (χ1v) is 8.35. The van der Waals surface area contributed by atoms with Crippen molar-refractivity contribution < 1.29 is 8.76 Å². The molecule has 5 heteroatoms. The molecule has 0 aliphatic carbocycles. The highest BCUT2D eigenvalue weighted by Gasteiger charge is 2.12. The van der Waals surface area contributed by atoms with Crippen molar-refractivity contribution in [2.45, 2.75) is 12.8 Å². The number of thiophene rings is 2. The van der Waals surface area contributed by atoms with Gasteiger partial charge in [0.05, 0.1) is 0 Å². The highest BCUT2D eigenvalue weighted by Crippen LogP contribution is 2.21. The summed E-state index contributed by atoms with van der Waals surface area (Å²) in [5.74, 6) is 0.432. The Morgan fingerprint density at radius 3 is 2.00 bits per heavy atom. The van der Waals surface area contributed by atoms with Crippen LogP contribution in [0.15, 0.2) is 35.0 Å². The third-order valence-corrected chi connectivity index (χ3v) is 5.05. The molecule has 17 heavy (non-hydrogen) atoms. The molecule has 0 saturated heterocycles. The predicted molar refractivity (Wildman–Crippen MR) is 73.3 cm³/mol. The molecule has 0 radical (unpaired) electrons. The number of rotatable bonds is 6. The van der Waals surface area contributed by atoms with E-state index in [1.807, 2.05) is 22.9 Å². The molecule has 0 N–H and O–H groups in total. The van der Waals surface area contributed by atoms with Gasteiger partial charge in [-0.15, -0.1) is 22.7 Å². The molecule has 0 fully saturated rings. The van der Waals surface area contributed by atoms with E-state index in [1.165, 1.54) is 9.75 Å². The molecular weight excluding hydrogens is 272 g/mol. The molecule has 0 aliphatic rings. The van der Waals surface area contributed by atoms with Gasteiger partial charge in [0.1, 0.15) is 0 Å².